The summed E-state index contributed by atoms with van der Waals surface area (Å²) in [5.74, 6) is -1.56. The lowest BCUT2D eigenvalue weighted by atomic mass is 10.1. The van der Waals surface area contributed by atoms with E-state index in [1.165, 1.54) is 18.3 Å². The Kier molecular flexibility index (Phi) is 3.66. The van der Waals surface area contributed by atoms with Crippen LogP contribution in [0.25, 0.3) is 11.3 Å². The molecule has 0 saturated heterocycles. The molecule has 2 rings (SSSR count). The maximum atomic E-state index is 13.7. The Morgan fingerprint density at radius 1 is 1.26 bits per heavy atom. The van der Waals surface area contributed by atoms with Crippen molar-refractivity contribution in [2.24, 2.45) is 0 Å². The van der Waals surface area contributed by atoms with Crippen LogP contribution in [0.15, 0.2) is 28.9 Å². The molecule has 0 spiro atoms. The molecule has 0 atom stereocenters. The zero-order chi connectivity index (χ0) is 14.0. The predicted molar refractivity (Wildman–Crippen MR) is 68.4 cm³/mol. The summed E-state index contributed by atoms with van der Waals surface area (Å²) in [6.45, 7) is 6.52. The summed E-state index contributed by atoms with van der Waals surface area (Å²) in [6.07, 6.45) is 1.51. The van der Waals surface area contributed by atoms with Gasteiger partial charge in [0, 0.05) is 17.6 Å². The third kappa shape index (κ3) is 3.17. The largest absolute Gasteiger partial charge is 0.356 e. The quantitative estimate of drug-likeness (QED) is 0.923. The van der Waals surface area contributed by atoms with Crippen LogP contribution in [-0.4, -0.2) is 10.7 Å². The average Bonchev–Trinajstić information content (AvgIpc) is 2.77. The number of nitrogens with zero attached hydrogens (tertiary/aromatic N) is 1. The predicted octanol–water partition coefficient (Wildman–Crippen LogP) is 3.51. The molecule has 0 aliphatic rings. The van der Waals surface area contributed by atoms with Crippen LogP contribution in [0.3, 0.4) is 0 Å². The van der Waals surface area contributed by atoms with Gasteiger partial charge in [-0.05, 0) is 32.9 Å². The molecule has 102 valence electrons. The number of benzene rings is 1. The fourth-order valence-electron chi connectivity index (χ4n) is 1.65. The highest BCUT2D eigenvalue weighted by Gasteiger charge is 2.18. The van der Waals surface area contributed by atoms with Gasteiger partial charge in [0.25, 0.3) is 0 Å². The molecule has 0 radical (unpaired) electrons. The van der Waals surface area contributed by atoms with Crippen molar-refractivity contribution >= 4 is 0 Å². The smallest absolute Gasteiger partial charge is 0.174 e. The van der Waals surface area contributed by atoms with Crippen LogP contribution in [0.5, 0.6) is 0 Å². The van der Waals surface area contributed by atoms with Crippen LogP contribution >= 0.6 is 0 Å². The Balaban J connectivity index is 2.31. The second-order valence-electron chi connectivity index (χ2n) is 5.39. The Hall–Kier alpha value is -1.75. The molecule has 1 aromatic carbocycles. The zero-order valence-corrected chi connectivity index (χ0v) is 11.1. The van der Waals surface area contributed by atoms with E-state index in [2.05, 4.69) is 10.5 Å². The molecule has 3 nitrogen and oxygen atoms in total. The first-order valence-electron chi connectivity index (χ1n) is 6.01. The topological polar surface area (TPSA) is 38.1 Å². The SMILES string of the molecule is CC(C)(C)NCc1cnoc1-c1cccc(F)c1F. The van der Waals surface area contributed by atoms with E-state index in [0.29, 0.717) is 12.1 Å². The van der Waals surface area contributed by atoms with Crippen molar-refractivity contribution in [2.75, 3.05) is 0 Å². The fourth-order valence-corrected chi connectivity index (χ4v) is 1.65. The van der Waals surface area contributed by atoms with Crippen molar-refractivity contribution < 1.29 is 13.3 Å². The lowest BCUT2D eigenvalue weighted by molar-refractivity contribution is 0.416. The van der Waals surface area contributed by atoms with Crippen molar-refractivity contribution in [1.29, 1.82) is 0 Å². The summed E-state index contributed by atoms with van der Waals surface area (Å²) in [5, 5.41) is 6.92. The van der Waals surface area contributed by atoms with Gasteiger partial charge in [-0.1, -0.05) is 11.2 Å². The summed E-state index contributed by atoms with van der Waals surface area (Å²) < 4.78 is 32.0. The van der Waals surface area contributed by atoms with Gasteiger partial charge in [0.2, 0.25) is 0 Å². The van der Waals surface area contributed by atoms with E-state index in [1.807, 2.05) is 20.8 Å². The Labute approximate surface area is 110 Å². The molecule has 19 heavy (non-hydrogen) atoms. The van der Waals surface area contributed by atoms with Gasteiger partial charge < -0.3 is 9.84 Å². The van der Waals surface area contributed by atoms with Gasteiger partial charge in [0.05, 0.1) is 11.8 Å². The van der Waals surface area contributed by atoms with Crippen molar-refractivity contribution in [3.8, 4) is 11.3 Å². The van der Waals surface area contributed by atoms with Gasteiger partial charge >= 0.3 is 0 Å². The maximum absolute atomic E-state index is 13.7. The van der Waals surface area contributed by atoms with Crippen LogP contribution < -0.4 is 5.32 Å². The molecule has 0 bridgehead atoms. The maximum Gasteiger partial charge on any atom is 0.174 e. The second kappa shape index (κ2) is 5.09. The van der Waals surface area contributed by atoms with Gasteiger partial charge in [0.1, 0.15) is 0 Å². The number of halogens is 2. The molecular formula is C14H16F2N2O. The van der Waals surface area contributed by atoms with E-state index in [4.69, 9.17) is 4.52 Å². The molecule has 1 heterocycles. The minimum absolute atomic E-state index is 0.0863. The highest BCUT2D eigenvalue weighted by Crippen LogP contribution is 2.27. The zero-order valence-electron chi connectivity index (χ0n) is 11.1. The number of aromatic nitrogens is 1. The van der Waals surface area contributed by atoms with Crippen molar-refractivity contribution in [1.82, 2.24) is 10.5 Å². The van der Waals surface area contributed by atoms with Crippen LogP contribution in [0.1, 0.15) is 26.3 Å². The first kappa shape index (κ1) is 13.7. The monoisotopic (exact) mass is 266 g/mol. The summed E-state index contributed by atoms with van der Waals surface area (Å²) in [6, 6.07) is 3.99. The number of hydrogen-bond acceptors (Lipinski definition) is 3. The average molecular weight is 266 g/mol. The van der Waals surface area contributed by atoms with Crippen molar-refractivity contribution in [2.45, 2.75) is 32.9 Å². The van der Waals surface area contributed by atoms with Crippen LogP contribution in [0.4, 0.5) is 8.78 Å². The van der Waals surface area contributed by atoms with Gasteiger partial charge in [-0.3, -0.25) is 0 Å². The Bertz CT molecular complexity index is 573. The normalized spacial score (nSPS) is 11.8. The minimum Gasteiger partial charge on any atom is -0.356 e. The first-order chi connectivity index (χ1) is 8.88. The van der Waals surface area contributed by atoms with E-state index < -0.39 is 11.6 Å². The fraction of sp³-hybridized carbons (Fsp3) is 0.357. The van der Waals surface area contributed by atoms with Crippen molar-refractivity contribution in [3.05, 3.63) is 41.6 Å². The minimum atomic E-state index is -0.920. The molecule has 5 heteroatoms. The molecule has 0 aliphatic carbocycles. The first-order valence-corrected chi connectivity index (χ1v) is 6.01. The van der Waals surface area contributed by atoms with E-state index in [9.17, 15) is 8.78 Å². The third-order valence-electron chi connectivity index (χ3n) is 2.65. The molecule has 1 N–H and O–H groups in total. The van der Waals surface area contributed by atoms with E-state index >= 15 is 0 Å². The summed E-state index contributed by atoms with van der Waals surface area (Å²) in [7, 11) is 0. The molecular weight excluding hydrogens is 250 g/mol. The second-order valence-corrected chi connectivity index (χ2v) is 5.39. The van der Waals surface area contributed by atoms with E-state index in [-0.39, 0.29) is 16.9 Å². The summed E-state index contributed by atoms with van der Waals surface area (Å²) in [5.41, 5.74) is 0.692. The molecule has 2 aromatic rings. The summed E-state index contributed by atoms with van der Waals surface area (Å²) in [4.78, 5) is 0. The van der Waals surface area contributed by atoms with E-state index in [0.717, 1.165) is 6.07 Å². The molecule has 0 aliphatic heterocycles. The Morgan fingerprint density at radius 2 is 2.00 bits per heavy atom. The third-order valence-corrected chi connectivity index (χ3v) is 2.65. The summed E-state index contributed by atoms with van der Waals surface area (Å²) >= 11 is 0. The van der Waals surface area contributed by atoms with Crippen molar-refractivity contribution in [3.63, 3.8) is 0 Å². The van der Waals surface area contributed by atoms with Crippen LogP contribution in [-0.2, 0) is 6.54 Å². The molecule has 0 saturated carbocycles. The standard InChI is InChI=1S/C14H16F2N2O/c1-14(2,3)17-7-9-8-18-19-13(9)10-5-4-6-11(15)12(10)16/h4-6,8,17H,7H2,1-3H3. The molecule has 1 aromatic heterocycles. The Morgan fingerprint density at radius 3 is 2.68 bits per heavy atom. The lowest BCUT2D eigenvalue weighted by Gasteiger charge is -2.20. The molecule has 0 fully saturated rings. The van der Waals surface area contributed by atoms with Crippen LogP contribution in [0, 0.1) is 11.6 Å². The van der Waals surface area contributed by atoms with Gasteiger partial charge in [-0.15, -0.1) is 0 Å². The van der Waals surface area contributed by atoms with Crippen LogP contribution in [0.2, 0.25) is 0 Å². The number of hydrogen-bond donors (Lipinski definition) is 1. The molecule has 0 amide bonds. The highest BCUT2D eigenvalue weighted by molar-refractivity contribution is 5.61. The number of rotatable bonds is 3. The number of nitrogens with one attached hydrogen (secondary N) is 1. The highest BCUT2D eigenvalue weighted by atomic mass is 19.2. The molecule has 0 unspecified atom stereocenters. The van der Waals surface area contributed by atoms with Gasteiger partial charge in [-0.25, -0.2) is 8.78 Å². The van der Waals surface area contributed by atoms with Gasteiger partial charge in [0.15, 0.2) is 17.4 Å². The van der Waals surface area contributed by atoms with Gasteiger partial charge in [-0.2, -0.15) is 0 Å². The lowest BCUT2D eigenvalue weighted by Crippen LogP contribution is -2.35. The van der Waals surface area contributed by atoms with E-state index in [1.54, 1.807) is 0 Å².